The van der Waals surface area contributed by atoms with Crippen LogP contribution in [0.25, 0.3) is 0 Å². The summed E-state index contributed by atoms with van der Waals surface area (Å²) < 4.78 is 5.75. The Bertz CT molecular complexity index is 439. The number of hydrogen-bond donors (Lipinski definition) is 1. The summed E-state index contributed by atoms with van der Waals surface area (Å²) in [4.78, 5) is 11.2. The van der Waals surface area contributed by atoms with Gasteiger partial charge >= 0.3 is 5.97 Å². The third kappa shape index (κ3) is 4.34. The third-order valence-corrected chi connectivity index (χ3v) is 4.18. The highest BCUT2D eigenvalue weighted by atomic mass is 16.5. The summed E-state index contributed by atoms with van der Waals surface area (Å²) in [5.74, 6) is -0.0802. The number of carboxylic acid groups (broad SMARTS) is 1. The van der Waals surface area contributed by atoms with Crippen LogP contribution in [-0.4, -0.2) is 23.3 Å². The molecule has 1 aromatic rings. The van der Waals surface area contributed by atoms with E-state index < -0.39 is 5.97 Å². The van der Waals surface area contributed by atoms with Crippen LogP contribution < -0.4 is 0 Å². The lowest BCUT2D eigenvalue weighted by Gasteiger charge is -2.39. The smallest absolute Gasteiger partial charge is 0.303 e. The molecule has 1 heterocycles. The van der Waals surface area contributed by atoms with Crippen molar-refractivity contribution in [1.82, 2.24) is 0 Å². The number of carbonyl (C=O) groups is 1. The molecule has 0 unspecified atom stereocenters. The standard InChI is InChI=1S/C17H24O3/c1-17(2)12-14(8-9-20-17)15(11-16(18)19)10-13-6-4-3-5-7-13/h3-7,14-15H,8-12H2,1-2H3,(H,18,19)/t14-,15+/m1/s1. The van der Waals surface area contributed by atoms with Gasteiger partial charge in [0.1, 0.15) is 0 Å². The second-order valence-electron chi connectivity index (χ2n) is 6.41. The fourth-order valence-electron chi connectivity index (χ4n) is 3.23. The fraction of sp³-hybridized carbons (Fsp3) is 0.588. The molecule has 0 aliphatic carbocycles. The topological polar surface area (TPSA) is 46.5 Å². The Morgan fingerprint density at radius 3 is 2.70 bits per heavy atom. The summed E-state index contributed by atoms with van der Waals surface area (Å²) in [6.45, 7) is 4.93. The summed E-state index contributed by atoms with van der Waals surface area (Å²) in [7, 11) is 0. The van der Waals surface area contributed by atoms with Gasteiger partial charge in [-0.25, -0.2) is 0 Å². The normalized spacial score (nSPS) is 23.2. The average molecular weight is 276 g/mol. The van der Waals surface area contributed by atoms with Crippen molar-refractivity contribution in [3.63, 3.8) is 0 Å². The first-order valence-electron chi connectivity index (χ1n) is 7.36. The Hall–Kier alpha value is -1.35. The SMILES string of the molecule is CC1(C)C[C@H]([C@H](CC(=O)O)Cc2ccccc2)CCO1. The summed E-state index contributed by atoms with van der Waals surface area (Å²) in [6, 6.07) is 10.2. The molecule has 2 rings (SSSR count). The maximum absolute atomic E-state index is 11.2. The van der Waals surface area contributed by atoms with Gasteiger partial charge in [-0.2, -0.15) is 0 Å². The molecule has 110 valence electrons. The van der Waals surface area contributed by atoms with Gasteiger partial charge in [0.15, 0.2) is 0 Å². The van der Waals surface area contributed by atoms with E-state index in [0.29, 0.717) is 5.92 Å². The van der Waals surface area contributed by atoms with Gasteiger partial charge in [0.2, 0.25) is 0 Å². The van der Waals surface area contributed by atoms with Crippen molar-refractivity contribution in [3.05, 3.63) is 35.9 Å². The van der Waals surface area contributed by atoms with Gasteiger partial charge in [-0.15, -0.1) is 0 Å². The molecular weight excluding hydrogens is 252 g/mol. The lowest BCUT2D eigenvalue weighted by Crippen LogP contribution is -2.37. The summed E-state index contributed by atoms with van der Waals surface area (Å²) in [6.07, 6.45) is 3.00. The monoisotopic (exact) mass is 276 g/mol. The zero-order valence-electron chi connectivity index (χ0n) is 12.3. The van der Waals surface area contributed by atoms with Crippen LogP contribution in [0.3, 0.4) is 0 Å². The number of aliphatic carboxylic acids is 1. The Kier molecular flexibility index (Phi) is 4.81. The second-order valence-corrected chi connectivity index (χ2v) is 6.41. The average Bonchev–Trinajstić information content (AvgIpc) is 2.37. The van der Waals surface area contributed by atoms with Gasteiger partial charge in [0, 0.05) is 13.0 Å². The molecule has 1 fully saturated rings. The number of ether oxygens (including phenoxy) is 1. The first-order valence-corrected chi connectivity index (χ1v) is 7.36. The lowest BCUT2D eigenvalue weighted by atomic mass is 9.76. The van der Waals surface area contributed by atoms with Crippen LogP contribution in [0.1, 0.15) is 38.7 Å². The van der Waals surface area contributed by atoms with E-state index in [9.17, 15) is 9.90 Å². The van der Waals surface area contributed by atoms with Crippen molar-refractivity contribution >= 4 is 5.97 Å². The molecule has 0 amide bonds. The minimum atomic E-state index is -0.699. The summed E-state index contributed by atoms with van der Waals surface area (Å²) in [5, 5.41) is 9.19. The Labute approximate surface area is 121 Å². The van der Waals surface area contributed by atoms with E-state index in [1.165, 1.54) is 5.56 Å². The highest BCUT2D eigenvalue weighted by Gasteiger charge is 2.34. The second kappa shape index (κ2) is 6.40. The van der Waals surface area contributed by atoms with Gasteiger partial charge in [-0.3, -0.25) is 4.79 Å². The lowest BCUT2D eigenvalue weighted by molar-refractivity contribution is -0.140. The molecule has 0 radical (unpaired) electrons. The van der Waals surface area contributed by atoms with Crippen molar-refractivity contribution in [1.29, 1.82) is 0 Å². The van der Waals surface area contributed by atoms with Crippen molar-refractivity contribution in [2.24, 2.45) is 11.8 Å². The Morgan fingerprint density at radius 2 is 2.10 bits per heavy atom. The highest BCUT2D eigenvalue weighted by Crippen LogP contribution is 2.36. The van der Waals surface area contributed by atoms with E-state index in [1.807, 2.05) is 18.2 Å². The van der Waals surface area contributed by atoms with Gasteiger partial charge < -0.3 is 9.84 Å². The van der Waals surface area contributed by atoms with E-state index in [2.05, 4.69) is 26.0 Å². The van der Waals surface area contributed by atoms with Crippen LogP contribution in [0.5, 0.6) is 0 Å². The van der Waals surface area contributed by atoms with E-state index in [-0.39, 0.29) is 17.9 Å². The molecule has 0 saturated carbocycles. The summed E-state index contributed by atoms with van der Waals surface area (Å²) in [5.41, 5.74) is 1.10. The van der Waals surface area contributed by atoms with Crippen molar-refractivity contribution < 1.29 is 14.6 Å². The zero-order chi connectivity index (χ0) is 14.6. The molecule has 1 aromatic carbocycles. The molecule has 3 nitrogen and oxygen atoms in total. The van der Waals surface area contributed by atoms with Gasteiger partial charge in [0.05, 0.1) is 5.60 Å². The minimum Gasteiger partial charge on any atom is -0.481 e. The molecule has 1 aliphatic rings. The van der Waals surface area contributed by atoms with Crippen LogP contribution in [0, 0.1) is 11.8 Å². The van der Waals surface area contributed by atoms with Crippen LogP contribution >= 0.6 is 0 Å². The first-order chi connectivity index (χ1) is 9.46. The molecule has 0 bridgehead atoms. The van der Waals surface area contributed by atoms with Crippen molar-refractivity contribution in [2.45, 2.75) is 45.1 Å². The van der Waals surface area contributed by atoms with Crippen LogP contribution in [-0.2, 0) is 16.0 Å². The number of hydrogen-bond acceptors (Lipinski definition) is 2. The Morgan fingerprint density at radius 1 is 1.40 bits per heavy atom. The number of benzene rings is 1. The quantitative estimate of drug-likeness (QED) is 0.895. The van der Waals surface area contributed by atoms with Gasteiger partial charge in [-0.1, -0.05) is 30.3 Å². The first kappa shape index (κ1) is 15.0. The molecule has 0 aromatic heterocycles. The third-order valence-electron chi connectivity index (χ3n) is 4.18. The summed E-state index contributed by atoms with van der Waals surface area (Å²) >= 11 is 0. The molecule has 1 aliphatic heterocycles. The molecule has 1 saturated heterocycles. The van der Waals surface area contributed by atoms with Gasteiger partial charge in [0.25, 0.3) is 0 Å². The van der Waals surface area contributed by atoms with E-state index in [4.69, 9.17) is 4.74 Å². The highest BCUT2D eigenvalue weighted by molar-refractivity contribution is 5.67. The van der Waals surface area contributed by atoms with Crippen molar-refractivity contribution in [3.8, 4) is 0 Å². The van der Waals surface area contributed by atoms with Crippen molar-refractivity contribution in [2.75, 3.05) is 6.61 Å². The molecule has 20 heavy (non-hydrogen) atoms. The maximum atomic E-state index is 11.2. The van der Waals surface area contributed by atoms with Gasteiger partial charge in [-0.05, 0) is 50.5 Å². The molecule has 2 atom stereocenters. The maximum Gasteiger partial charge on any atom is 0.303 e. The molecule has 1 N–H and O–H groups in total. The van der Waals surface area contributed by atoms with Crippen LogP contribution in [0.4, 0.5) is 0 Å². The largest absolute Gasteiger partial charge is 0.481 e. The van der Waals surface area contributed by atoms with Crippen LogP contribution in [0.2, 0.25) is 0 Å². The number of rotatable bonds is 5. The van der Waals surface area contributed by atoms with E-state index >= 15 is 0 Å². The molecule has 3 heteroatoms. The zero-order valence-corrected chi connectivity index (χ0v) is 12.3. The predicted octanol–water partition coefficient (Wildman–Crippen LogP) is 3.53. The number of carboxylic acids is 1. The molecule has 0 spiro atoms. The Balaban J connectivity index is 2.08. The predicted molar refractivity (Wildman–Crippen MR) is 78.6 cm³/mol. The van der Waals surface area contributed by atoms with Crippen LogP contribution in [0.15, 0.2) is 30.3 Å². The fourth-order valence-corrected chi connectivity index (χ4v) is 3.23. The van der Waals surface area contributed by atoms with E-state index in [0.717, 1.165) is 25.9 Å². The molecular formula is C17H24O3. The van der Waals surface area contributed by atoms with E-state index in [1.54, 1.807) is 0 Å². The minimum absolute atomic E-state index is 0.129.